The molecule has 2 atom stereocenters. The fraction of sp³-hybridized carbons (Fsp3) is 0.444. The van der Waals surface area contributed by atoms with Crippen LogP contribution in [0.2, 0.25) is 5.02 Å². The largest absolute Gasteiger partial charge is 0.428 e. The van der Waals surface area contributed by atoms with Gasteiger partial charge >= 0.3 is 6.18 Å². The lowest BCUT2D eigenvalue weighted by molar-refractivity contribution is -0.137. The molecular formula is C27H30ClF3N2O4. The van der Waals surface area contributed by atoms with Crippen LogP contribution < -0.4 is 5.43 Å². The molecule has 0 saturated carbocycles. The van der Waals surface area contributed by atoms with Crippen molar-refractivity contribution in [3.05, 3.63) is 80.1 Å². The van der Waals surface area contributed by atoms with Gasteiger partial charge in [-0.3, -0.25) is 9.69 Å². The van der Waals surface area contributed by atoms with E-state index in [1.807, 2.05) is 4.90 Å². The first kappa shape index (κ1) is 27.4. The predicted octanol–water partition coefficient (Wildman–Crippen LogP) is 4.79. The molecule has 1 heterocycles. The lowest BCUT2D eigenvalue weighted by atomic mass is 9.74. The molecule has 1 aromatic heterocycles. The predicted molar refractivity (Wildman–Crippen MR) is 135 cm³/mol. The highest BCUT2D eigenvalue weighted by Gasteiger charge is 2.34. The van der Waals surface area contributed by atoms with Gasteiger partial charge in [-0.25, -0.2) is 0 Å². The molecule has 0 fully saturated rings. The minimum atomic E-state index is -4.43. The van der Waals surface area contributed by atoms with Gasteiger partial charge in [0.1, 0.15) is 0 Å². The first-order chi connectivity index (χ1) is 17.6. The summed E-state index contributed by atoms with van der Waals surface area (Å²) in [6, 6.07) is 9.78. The zero-order chi connectivity index (χ0) is 26.7. The van der Waals surface area contributed by atoms with Crippen molar-refractivity contribution in [1.82, 2.24) is 9.63 Å². The Labute approximate surface area is 217 Å². The zero-order valence-electron chi connectivity index (χ0n) is 20.2. The third-order valence-electron chi connectivity index (χ3n) is 7.23. The molecule has 2 unspecified atom stereocenters. The van der Waals surface area contributed by atoms with Gasteiger partial charge in [0.25, 0.3) is 0 Å². The lowest BCUT2D eigenvalue weighted by Gasteiger charge is -2.33. The summed E-state index contributed by atoms with van der Waals surface area (Å²) in [5.74, 6) is -0.427. The third kappa shape index (κ3) is 5.95. The molecule has 0 bridgehead atoms. The van der Waals surface area contributed by atoms with Gasteiger partial charge in [-0.2, -0.15) is 17.9 Å². The molecule has 0 saturated heterocycles. The fourth-order valence-electron chi connectivity index (χ4n) is 5.45. The molecule has 2 aromatic carbocycles. The van der Waals surface area contributed by atoms with Gasteiger partial charge in [-0.15, -0.1) is 0 Å². The molecule has 0 radical (unpaired) electrons. The number of aromatic nitrogens is 1. The van der Waals surface area contributed by atoms with Crippen LogP contribution in [-0.4, -0.2) is 57.9 Å². The Morgan fingerprint density at radius 2 is 1.70 bits per heavy atom. The molecular weight excluding hydrogens is 509 g/mol. The summed E-state index contributed by atoms with van der Waals surface area (Å²) in [6.45, 7) is 1.37. The van der Waals surface area contributed by atoms with Crippen LogP contribution in [0, 0.1) is 0 Å². The maximum absolute atomic E-state index is 13.6. The molecule has 4 rings (SSSR count). The van der Waals surface area contributed by atoms with E-state index >= 15 is 0 Å². The van der Waals surface area contributed by atoms with E-state index in [2.05, 4.69) is 0 Å². The van der Waals surface area contributed by atoms with Gasteiger partial charge in [-0.1, -0.05) is 23.7 Å². The molecule has 200 valence electrons. The summed E-state index contributed by atoms with van der Waals surface area (Å²) in [5, 5.41) is 30.4. The number of benzene rings is 2. The molecule has 37 heavy (non-hydrogen) atoms. The van der Waals surface area contributed by atoms with Gasteiger partial charge in [0.05, 0.1) is 35.4 Å². The minimum Gasteiger partial charge on any atom is -0.428 e. The summed E-state index contributed by atoms with van der Waals surface area (Å²) >= 11 is 6.13. The smallest absolute Gasteiger partial charge is 0.416 e. The number of hydrogen-bond donors (Lipinski definition) is 3. The molecule has 3 N–H and O–H groups in total. The molecule has 1 aliphatic carbocycles. The number of halogens is 4. The molecule has 6 nitrogen and oxygen atoms in total. The van der Waals surface area contributed by atoms with Crippen molar-refractivity contribution >= 4 is 22.5 Å². The highest BCUT2D eigenvalue weighted by atomic mass is 35.5. The number of nitrogens with zero attached hydrogens (tertiary/aromatic N) is 2. The van der Waals surface area contributed by atoms with E-state index < -0.39 is 11.7 Å². The number of rotatable bonds is 9. The van der Waals surface area contributed by atoms with E-state index in [0.717, 1.165) is 22.4 Å². The quantitative estimate of drug-likeness (QED) is 0.341. The van der Waals surface area contributed by atoms with Gasteiger partial charge in [0, 0.05) is 23.7 Å². The van der Waals surface area contributed by atoms with Crippen LogP contribution in [0.5, 0.6) is 0 Å². The highest BCUT2D eigenvalue weighted by molar-refractivity contribution is 6.31. The summed E-state index contributed by atoms with van der Waals surface area (Å²) < 4.78 is 40.3. The number of hydrogen-bond acceptors (Lipinski definition) is 5. The van der Waals surface area contributed by atoms with Gasteiger partial charge < -0.3 is 15.4 Å². The van der Waals surface area contributed by atoms with Crippen LogP contribution >= 0.6 is 11.6 Å². The average molecular weight is 539 g/mol. The first-order valence-electron chi connectivity index (χ1n) is 12.3. The number of aliphatic hydroxyl groups excluding tert-OH is 2. The van der Waals surface area contributed by atoms with Crippen LogP contribution in [0.4, 0.5) is 13.2 Å². The normalized spacial score (nSPS) is 17.9. The van der Waals surface area contributed by atoms with Crippen molar-refractivity contribution in [3.8, 4) is 0 Å². The van der Waals surface area contributed by atoms with Crippen molar-refractivity contribution in [1.29, 1.82) is 0 Å². The Balaban J connectivity index is 1.71. The standard InChI is InChI=1S/C27H30ClF3N2O4/c28-21-7-8-23-22(16-21)26(36)25-18(2-1-9-32(10-12-34)11-13-35)14-19(15-24(25)33(23)37)17-3-5-20(6-4-17)27(29,30)31/h3-8,16,18-19,34-35,37H,1-2,9-15H2. The van der Waals surface area contributed by atoms with Crippen LogP contribution in [0.25, 0.3) is 10.9 Å². The first-order valence-corrected chi connectivity index (χ1v) is 12.7. The van der Waals surface area contributed by atoms with Crippen molar-refractivity contribution in [2.75, 3.05) is 32.8 Å². The second-order valence-corrected chi connectivity index (χ2v) is 9.98. The molecule has 0 amide bonds. The summed E-state index contributed by atoms with van der Waals surface area (Å²) in [4.78, 5) is 15.5. The maximum Gasteiger partial charge on any atom is 0.416 e. The van der Waals surface area contributed by atoms with E-state index in [1.54, 1.807) is 12.1 Å². The van der Waals surface area contributed by atoms with Crippen molar-refractivity contribution in [2.24, 2.45) is 0 Å². The van der Waals surface area contributed by atoms with Gasteiger partial charge in [0.2, 0.25) is 0 Å². The molecule has 0 spiro atoms. The number of aliphatic hydroxyl groups is 2. The third-order valence-corrected chi connectivity index (χ3v) is 7.46. The van der Waals surface area contributed by atoms with E-state index in [1.165, 1.54) is 18.2 Å². The Morgan fingerprint density at radius 3 is 2.32 bits per heavy atom. The molecule has 0 aliphatic heterocycles. The van der Waals surface area contributed by atoms with Gasteiger partial charge in [0.15, 0.2) is 5.43 Å². The van der Waals surface area contributed by atoms with Gasteiger partial charge in [-0.05, 0) is 80.0 Å². The van der Waals surface area contributed by atoms with Crippen LogP contribution in [0.1, 0.15) is 53.5 Å². The average Bonchev–Trinajstić information content (AvgIpc) is 2.86. The van der Waals surface area contributed by atoms with Crippen molar-refractivity contribution < 1.29 is 28.6 Å². The Morgan fingerprint density at radius 1 is 1.03 bits per heavy atom. The maximum atomic E-state index is 13.6. The van der Waals surface area contributed by atoms with E-state index in [4.69, 9.17) is 11.6 Å². The second kappa shape index (κ2) is 11.4. The Kier molecular flexibility index (Phi) is 8.48. The summed E-state index contributed by atoms with van der Waals surface area (Å²) in [7, 11) is 0. The number of alkyl halides is 3. The molecule has 3 aromatic rings. The van der Waals surface area contributed by atoms with E-state index in [-0.39, 0.29) is 30.5 Å². The van der Waals surface area contributed by atoms with E-state index in [9.17, 15) is 33.4 Å². The monoisotopic (exact) mass is 538 g/mol. The summed E-state index contributed by atoms with van der Waals surface area (Å²) in [6.07, 6.45) is -2.32. The van der Waals surface area contributed by atoms with Crippen LogP contribution in [0.3, 0.4) is 0 Å². The van der Waals surface area contributed by atoms with Crippen LogP contribution in [0.15, 0.2) is 47.3 Å². The van der Waals surface area contributed by atoms with Crippen molar-refractivity contribution in [3.63, 3.8) is 0 Å². The van der Waals surface area contributed by atoms with E-state index in [0.29, 0.717) is 72.5 Å². The Bertz CT molecular complexity index is 1290. The summed E-state index contributed by atoms with van der Waals surface area (Å²) in [5.41, 5.74) is 1.10. The minimum absolute atomic E-state index is 0.0375. The second-order valence-electron chi connectivity index (χ2n) is 9.55. The topological polar surface area (TPSA) is 85.9 Å². The SMILES string of the molecule is O=c1c2c(n(O)c3ccc(Cl)cc13)CC(c1ccc(C(F)(F)F)cc1)CC2CCCN(CCO)CCO. The van der Waals surface area contributed by atoms with Crippen LogP contribution in [-0.2, 0) is 12.6 Å². The highest BCUT2D eigenvalue weighted by Crippen LogP contribution is 2.42. The number of fused-ring (bicyclic) bond motifs is 2. The molecule has 10 heteroatoms. The number of pyridine rings is 1. The fourth-order valence-corrected chi connectivity index (χ4v) is 5.62. The lowest BCUT2D eigenvalue weighted by Crippen LogP contribution is -2.32. The zero-order valence-corrected chi connectivity index (χ0v) is 21.0. The molecule has 1 aliphatic rings. The van der Waals surface area contributed by atoms with Crippen molar-refractivity contribution in [2.45, 2.75) is 43.7 Å². The Hall–Kier alpha value is -2.59.